The molecule has 7 nitrogen and oxygen atoms in total. The Labute approximate surface area is 156 Å². The summed E-state index contributed by atoms with van der Waals surface area (Å²) in [6.45, 7) is 0. The van der Waals surface area contributed by atoms with Crippen molar-refractivity contribution >= 4 is 11.4 Å². The zero-order valence-corrected chi connectivity index (χ0v) is 14.1. The Morgan fingerprint density at radius 3 is 2.79 bits per heavy atom. The number of Topliss-reactive ketones (excluding diaryl/α,β-unsaturated/α-hetero) is 1. The molecule has 0 unspecified atom stereocenters. The molecule has 9 heteroatoms. The molecule has 28 heavy (non-hydrogen) atoms. The normalized spacial score (nSPS) is 14.5. The number of fused-ring (bicyclic) bond motifs is 2. The molecule has 0 spiro atoms. The number of hydrogen-bond donors (Lipinski definition) is 0. The molecule has 0 atom stereocenters. The van der Waals surface area contributed by atoms with Crippen molar-refractivity contribution in [2.75, 3.05) is 0 Å². The molecular formula is C19H11F2N3O4. The molecule has 0 aliphatic carbocycles. The van der Waals surface area contributed by atoms with E-state index in [0.717, 1.165) is 11.3 Å². The first-order chi connectivity index (χ1) is 13.5. The van der Waals surface area contributed by atoms with E-state index < -0.39 is 12.1 Å². The van der Waals surface area contributed by atoms with Gasteiger partial charge < -0.3 is 13.9 Å². The SMILES string of the molecule is O=C(Cc1nc2cccc(-c3ccoc3)n2n1)c1cccc2c1OC(F)(F)O2. The maximum atomic E-state index is 13.3. The number of halogens is 2. The van der Waals surface area contributed by atoms with Crippen LogP contribution in [0.3, 0.4) is 0 Å². The van der Waals surface area contributed by atoms with E-state index in [-0.39, 0.29) is 29.3 Å². The number of carbonyl (C=O) groups is 1. The van der Waals surface area contributed by atoms with Gasteiger partial charge in [0.05, 0.1) is 30.2 Å². The highest BCUT2D eigenvalue weighted by Gasteiger charge is 2.45. The number of furan rings is 1. The lowest BCUT2D eigenvalue weighted by Crippen LogP contribution is -2.26. The highest BCUT2D eigenvalue weighted by Crippen LogP contribution is 2.43. The molecule has 0 fully saturated rings. The lowest BCUT2D eigenvalue weighted by Gasteiger charge is -2.06. The van der Waals surface area contributed by atoms with Crippen molar-refractivity contribution in [1.82, 2.24) is 14.6 Å². The average molecular weight is 383 g/mol. The Hall–Kier alpha value is -3.75. The second-order valence-electron chi connectivity index (χ2n) is 6.12. The quantitative estimate of drug-likeness (QED) is 0.500. The molecule has 1 aliphatic heterocycles. The van der Waals surface area contributed by atoms with Crippen LogP contribution < -0.4 is 9.47 Å². The van der Waals surface area contributed by atoms with Gasteiger partial charge in [0.2, 0.25) is 0 Å². The van der Waals surface area contributed by atoms with Crippen LogP contribution in [0.5, 0.6) is 11.5 Å². The number of nitrogens with zero attached hydrogens (tertiary/aromatic N) is 3. The van der Waals surface area contributed by atoms with Gasteiger partial charge in [-0.1, -0.05) is 12.1 Å². The van der Waals surface area contributed by atoms with Crippen molar-refractivity contribution < 1.29 is 27.5 Å². The number of benzene rings is 1. The van der Waals surface area contributed by atoms with Crippen molar-refractivity contribution in [3.63, 3.8) is 0 Å². The molecule has 5 rings (SSSR count). The molecule has 1 aromatic carbocycles. The standard InChI is InChI=1S/C19H11F2N3O4/c20-19(21)27-15-5-1-3-12(18(15)28-19)14(25)9-16-22-17-6-2-4-13(24(17)23-16)11-7-8-26-10-11/h1-8,10H,9H2. The van der Waals surface area contributed by atoms with Crippen molar-refractivity contribution in [3.8, 4) is 22.8 Å². The number of pyridine rings is 1. The summed E-state index contributed by atoms with van der Waals surface area (Å²) in [5.41, 5.74) is 2.09. The van der Waals surface area contributed by atoms with Crippen molar-refractivity contribution in [2.45, 2.75) is 12.7 Å². The van der Waals surface area contributed by atoms with Crippen LogP contribution in [0.2, 0.25) is 0 Å². The van der Waals surface area contributed by atoms with Crippen molar-refractivity contribution in [2.24, 2.45) is 0 Å². The highest BCUT2D eigenvalue weighted by molar-refractivity contribution is 6.00. The lowest BCUT2D eigenvalue weighted by atomic mass is 10.1. The van der Waals surface area contributed by atoms with Gasteiger partial charge in [-0.15, -0.1) is 8.78 Å². The smallest absolute Gasteiger partial charge is 0.472 e. The van der Waals surface area contributed by atoms with E-state index in [2.05, 4.69) is 19.6 Å². The lowest BCUT2D eigenvalue weighted by molar-refractivity contribution is -0.286. The van der Waals surface area contributed by atoms with E-state index in [1.165, 1.54) is 18.2 Å². The Kier molecular flexibility index (Phi) is 3.45. The molecule has 0 saturated carbocycles. The first-order valence-corrected chi connectivity index (χ1v) is 8.29. The summed E-state index contributed by atoms with van der Waals surface area (Å²) in [7, 11) is 0. The zero-order chi connectivity index (χ0) is 19.3. The van der Waals surface area contributed by atoms with Crippen LogP contribution in [0.15, 0.2) is 59.4 Å². The molecule has 4 heterocycles. The minimum absolute atomic E-state index is 0.0106. The van der Waals surface area contributed by atoms with Crippen molar-refractivity contribution in [3.05, 3.63) is 66.4 Å². The molecule has 0 N–H and O–H groups in total. The van der Waals surface area contributed by atoms with E-state index in [1.807, 2.05) is 12.1 Å². The van der Waals surface area contributed by atoms with Gasteiger partial charge in [0.15, 0.2) is 28.8 Å². The molecule has 3 aromatic heterocycles. The summed E-state index contributed by atoms with van der Waals surface area (Å²) >= 11 is 0. The van der Waals surface area contributed by atoms with Gasteiger partial charge in [-0.3, -0.25) is 4.79 Å². The van der Waals surface area contributed by atoms with Crippen LogP contribution in [0.4, 0.5) is 8.78 Å². The number of rotatable bonds is 4. The monoisotopic (exact) mass is 383 g/mol. The van der Waals surface area contributed by atoms with Gasteiger partial charge in [-0.2, -0.15) is 5.10 Å². The summed E-state index contributed by atoms with van der Waals surface area (Å²) < 4.78 is 42.2. The third-order valence-electron chi connectivity index (χ3n) is 4.27. The predicted octanol–water partition coefficient (Wildman–Crippen LogP) is 3.74. The minimum atomic E-state index is -3.79. The number of aromatic nitrogens is 3. The summed E-state index contributed by atoms with van der Waals surface area (Å²) in [5, 5.41) is 4.38. The van der Waals surface area contributed by atoms with Crippen LogP contribution in [0, 0.1) is 0 Å². The largest absolute Gasteiger partial charge is 0.586 e. The molecule has 4 aromatic rings. The van der Waals surface area contributed by atoms with Gasteiger partial charge in [0.25, 0.3) is 0 Å². The first-order valence-electron chi connectivity index (χ1n) is 8.29. The molecule has 140 valence electrons. The number of alkyl halides is 2. The second-order valence-corrected chi connectivity index (χ2v) is 6.12. The summed E-state index contributed by atoms with van der Waals surface area (Å²) in [5.74, 6) is -0.662. The predicted molar refractivity (Wildman–Crippen MR) is 91.4 cm³/mol. The van der Waals surface area contributed by atoms with Crippen molar-refractivity contribution in [1.29, 1.82) is 0 Å². The maximum Gasteiger partial charge on any atom is 0.586 e. The van der Waals surface area contributed by atoms with E-state index in [0.29, 0.717) is 5.65 Å². The molecule has 0 saturated heterocycles. The third-order valence-corrected chi connectivity index (χ3v) is 4.27. The van der Waals surface area contributed by atoms with Crippen LogP contribution >= 0.6 is 0 Å². The van der Waals surface area contributed by atoms with E-state index >= 15 is 0 Å². The Balaban J connectivity index is 1.48. The van der Waals surface area contributed by atoms with E-state index in [9.17, 15) is 13.6 Å². The number of ether oxygens (including phenoxy) is 2. The van der Waals surface area contributed by atoms with E-state index in [1.54, 1.807) is 29.2 Å². The van der Waals surface area contributed by atoms with Gasteiger partial charge in [0, 0.05) is 5.56 Å². The number of para-hydroxylation sites is 1. The van der Waals surface area contributed by atoms with Crippen LogP contribution in [0.25, 0.3) is 16.9 Å². The number of ketones is 1. The summed E-state index contributed by atoms with van der Waals surface area (Å²) in [6, 6.07) is 11.4. The Morgan fingerprint density at radius 1 is 1.11 bits per heavy atom. The fourth-order valence-electron chi connectivity index (χ4n) is 3.08. The first kappa shape index (κ1) is 16.4. The van der Waals surface area contributed by atoms with Crippen LogP contribution in [-0.2, 0) is 6.42 Å². The fraction of sp³-hybridized carbons (Fsp3) is 0.105. The molecule has 0 bridgehead atoms. The highest BCUT2D eigenvalue weighted by atomic mass is 19.3. The second kappa shape index (κ2) is 5.88. The number of carbonyl (C=O) groups excluding carboxylic acids is 1. The summed E-state index contributed by atoms with van der Waals surface area (Å²) in [6.07, 6.45) is -0.854. The van der Waals surface area contributed by atoms with Crippen LogP contribution in [-0.4, -0.2) is 26.7 Å². The van der Waals surface area contributed by atoms with E-state index in [4.69, 9.17) is 4.42 Å². The number of hydrogen-bond acceptors (Lipinski definition) is 6. The molecule has 1 aliphatic rings. The van der Waals surface area contributed by atoms with Crippen LogP contribution in [0.1, 0.15) is 16.2 Å². The Bertz CT molecular complexity index is 1200. The van der Waals surface area contributed by atoms with Gasteiger partial charge in [-0.05, 0) is 30.3 Å². The van der Waals surface area contributed by atoms with Gasteiger partial charge in [0.1, 0.15) is 0 Å². The third kappa shape index (κ3) is 2.68. The molecular weight excluding hydrogens is 372 g/mol. The van der Waals surface area contributed by atoms with Gasteiger partial charge in [-0.25, -0.2) is 9.50 Å². The van der Waals surface area contributed by atoms with Gasteiger partial charge >= 0.3 is 6.29 Å². The molecule has 0 radical (unpaired) electrons. The molecule has 0 amide bonds. The summed E-state index contributed by atoms with van der Waals surface area (Å²) in [4.78, 5) is 17.0. The zero-order valence-electron chi connectivity index (χ0n) is 14.1. The fourth-order valence-corrected chi connectivity index (χ4v) is 3.08. The minimum Gasteiger partial charge on any atom is -0.472 e. The maximum absolute atomic E-state index is 13.3. The Morgan fingerprint density at radius 2 is 1.96 bits per heavy atom. The topological polar surface area (TPSA) is 78.9 Å². The average Bonchev–Trinajstić information content (AvgIpc) is 3.37.